The standard InChI is InChI=1S/C12H13NO3S2/c1-9-2-7-12(17-9)18(15,16)13-11-5-3-10(8-14)4-6-11/h2-7,13-14H,8H2,1H3. The molecule has 2 N–H and O–H groups in total. The van der Waals surface area contributed by atoms with Crippen molar-refractivity contribution in [2.75, 3.05) is 4.72 Å². The maximum atomic E-state index is 12.0. The fourth-order valence-corrected chi connectivity index (χ4v) is 3.78. The quantitative estimate of drug-likeness (QED) is 0.905. The molecule has 0 unspecified atom stereocenters. The Hall–Kier alpha value is -1.37. The van der Waals surface area contributed by atoms with Gasteiger partial charge in [0.1, 0.15) is 4.21 Å². The second kappa shape index (κ2) is 5.09. The Morgan fingerprint density at radius 2 is 1.83 bits per heavy atom. The molecule has 0 aliphatic rings. The number of anilines is 1. The van der Waals surface area contributed by atoms with Crippen molar-refractivity contribution in [2.24, 2.45) is 0 Å². The summed E-state index contributed by atoms with van der Waals surface area (Å²) in [6, 6.07) is 9.97. The number of aryl methyl sites for hydroxylation is 1. The van der Waals surface area contributed by atoms with E-state index in [1.807, 2.05) is 6.92 Å². The van der Waals surface area contributed by atoms with Crippen LogP contribution in [-0.4, -0.2) is 13.5 Å². The number of benzene rings is 1. The minimum atomic E-state index is -3.51. The summed E-state index contributed by atoms with van der Waals surface area (Å²) < 4.78 is 26.8. The van der Waals surface area contributed by atoms with E-state index >= 15 is 0 Å². The maximum Gasteiger partial charge on any atom is 0.271 e. The smallest absolute Gasteiger partial charge is 0.271 e. The van der Waals surface area contributed by atoms with Gasteiger partial charge in [0, 0.05) is 10.6 Å². The van der Waals surface area contributed by atoms with Crippen molar-refractivity contribution >= 4 is 27.0 Å². The molecule has 1 aromatic carbocycles. The highest BCUT2D eigenvalue weighted by Crippen LogP contribution is 2.23. The topological polar surface area (TPSA) is 66.4 Å². The molecule has 18 heavy (non-hydrogen) atoms. The van der Waals surface area contributed by atoms with Crippen LogP contribution in [0.15, 0.2) is 40.6 Å². The van der Waals surface area contributed by atoms with Gasteiger partial charge in [0.15, 0.2) is 0 Å². The highest BCUT2D eigenvalue weighted by Gasteiger charge is 2.15. The number of thiophene rings is 1. The van der Waals surface area contributed by atoms with E-state index in [1.165, 1.54) is 11.3 Å². The van der Waals surface area contributed by atoms with Crippen LogP contribution in [0.4, 0.5) is 5.69 Å². The molecule has 2 rings (SSSR count). The lowest BCUT2D eigenvalue weighted by Crippen LogP contribution is -2.11. The molecule has 0 spiro atoms. The number of hydrogen-bond acceptors (Lipinski definition) is 4. The van der Waals surface area contributed by atoms with Gasteiger partial charge in [0.05, 0.1) is 6.61 Å². The van der Waals surface area contributed by atoms with Crippen LogP contribution in [0.1, 0.15) is 10.4 Å². The number of sulfonamides is 1. The molecule has 0 amide bonds. The molecular formula is C12H13NO3S2. The average molecular weight is 283 g/mol. The van der Waals surface area contributed by atoms with Crippen LogP contribution in [0.5, 0.6) is 0 Å². The van der Waals surface area contributed by atoms with E-state index in [-0.39, 0.29) is 6.61 Å². The summed E-state index contributed by atoms with van der Waals surface area (Å²) in [6.45, 7) is 1.80. The first-order chi connectivity index (χ1) is 8.51. The van der Waals surface area contributed by atoms with E-state index in [4.69, 9.17) is 5.11 Å². The molecule has 4 nitrogen and oxygen atoms in total. The van der Waals surface area contributed by atoms with Crippen LogP contribution >= 0.6 is 11.3 Å². The minimum absolute atomic E-state index is 0.0584. The maximum absolute atomic E-state index is 12.0. The monoisotopic (exact) mass is 283 g/mol. The Balaban J connectivity index is 2.22. The van der Waals surface area contributed by atoms with E-state index in [1.54, 1.807) is 36.4 Å². The first-order valence-corrected chi connectivity index (χ1v) is 7.60. The van der Waals surface area contributed by atoms with Crippen molar-refractivity contribution in [3.05, 3.63) is 46.8 Å². The molecule has 0 saturated carbocycles. The molecule has 0 aliphatic heterocycles. The van der Waals surface area contributed by atoms with Crippen LogP contribution in [0, 0.1) is 6.92 Å². The lowest BCUT2D eigenvalue weighted by molar-refractivity contribution is 0.282. The summed E-state index contributed by atoms with van der Waals surface area (Å²) in [7, 11) is -3.51. The SMILES string of the molecule is Cc1ccc(S(=O)(=O)Nc2ccc(CO)cc2)s1. The Morgan fingerprint density at radius 3 is 2.33 bits per heavy atom. The molecule has 0 bridgehead atoms. The Bertz CT molecular complexity index is 630. The molecule has 6 heteroatoms. The lowest BCUT2D eigenvalue weighted by atomic mass is 10.2. The van der Waals surface area contributed by atoms with Gasteiger partial charge in [-0.05, 0) is 36.8 Å². The molecule has 0 radical (unpaired) electrons. The first-order valence-electron chi connectivity index (χ1n) is 5.30. The summed E-state index contributed by atoms with van der Waals surface area (Å²) in [5.41, 5.74) is 1.23. The normalized spacial score (nSPS) is 11.4. The lowest BCUT2D eigenvalue weighted by Gasteiger charge is -2.06. The first kappa shape index (κ1) is 13.1. The molecule has 0 saturated heterocycles. The van der Waals surface area contributed by atoms with E-state index < -0.39 is 10.0 Å². The molecule has 0 atom stereocenters. The molecule has 1 heterocycles. The average Bonchev–Trinajstić information content (AvgIpc) is 2.77. The number of nitrogens with one attached hydrogen (secondary N) is 1. The van der Waals surface area contributed by atoms with Crippen molar-refractivity contribution < 1.29 is 13.5 Å². The van der Waals surface area contributed by atoms with E-state index in [0.29, 0.717) is 9.90 Å². The van der Waals surface area contributed by atoms with Gasteiger partial charge in [-0.25, -0.2) is 8.42 Å². The molecule has 0 fully saturated rings. The molecule has 1 aromatic heterocycles. The van der Waals surface area contributed by atoms with Gasteiger partial charge in [0.2, 0.25) is 0 Å². The van der Waals surface area contributed by atoms with Crippen molar-refractivity contribution in [3.8, 4) is 0 Å². The molecule has 0 aliphatic carbocycles. The van der Waals surface area contributed by atoms with E-state index in [2.05, 4.69) is 4.72 Å². The number of hydrogen-bond donors (Lipinski definition) is 2. The minimum Gasteiger partial charge on any atom is -0.392 e. The largest absolute Gasteiger partial charge is 0.392 e. The van der Waals surface area contributed by atoms with Gasteiger partial charge in [-0.15, -0.1) is 11.3 Å². The second-order valence-corrected chi connectivity index (χ2v) is 7.02. The summed E-state index contributed by atoms with van der Waals surface area (Å²) in [6.07, 6.45) is 0. The Labute approximate surface area is 110 Å². The Morgan fingerprint density at radius 1 is 1.17 bits per heavy atom. The van der Waals surface area contributed by atoms with Gasteiger partial charge in [-0.3, -0.25) is 4.72 Å². The van der Waals surface area contributed by atoms with Gasteiger partial charge in [0.25, 0.3) is 10.0 Å². The summed E-state index contributed by atoms with van der Waals surface area (Å²) in [4.78, 5) is 0.950. The van der Waals surface area contributed by atoms with Crippen LogP contribution in [0.3, 0.4) is 0 Å². The summed E-state index contributed by atoms with van der Waals surface area (Å²) >= 11 is 1.23. The van der Waals surface area contributed by atoms with E-state index in [0.717, 1.165) is 10.4 Å². The highest BCUT2D eigenvalue weighted by atomic mass is 32.2. The molecule has 2 aromatic rings. The molecule has 96 valence electrons. The zero-order valence-corrected chi connectivity index (χ0v) is 11.4. The van der Waals surface area contributed by atoms with Gasteiger partial charge < -0.3 is 5.11 Å². The van der Waals surface area contributed by atoms with Crippen molar-refractivity contribution in [1.82, 2.24) is 0 Å². The van der Waals surface area contributed by atoms with Crippen molar-refractivity contribution in [3.63, 3.8) is 0 Å². The predicted molar refractivity (Wildman–Crippen MR) is 72.2 cm³/mol. The van der Waals surface area contributed by atoms with Gasteiger partial charge in [-0.2, -0.15) is 0 Å². The number of rotatable bonds is 4. The zero-order valence-electron chi connectivity index (χ0n) is 9.75. The van der Waals surface area contributed by atoms with Crippen molar-refractivity contribution in [1.29, 1.82) is 0 Å². The molecular weight excluding hydrogens is 270 g/mol. The van der Waals surface area contributed by atoms with E-state index in [9.17, 15) is 8.42 Å². The fourth-order valence-electron chi connectivity index (χ4n) is 1.44. The van der Waals surface area contributed by atoms with Gasteiger partial charge in [-0.1, -0.05) is 12.1 Å². The predicted octanol–water partition coefficient (Wildman–Crippen LogP) is 2.35. The fraction of sp³-hybridized carbons (Fsp3) is 0.167. The van der Waals surface area contributed by atoms with Crippen LogP contribution in [0.2, 0.25) is 0 Å². The van der Waals surface area contributed by atoms with Crippen molar-refractivity contribution in [2.45, 2.75) is 17.7 Å². The number of aliphatic hydroxyl groups excluding tert-OH is 1. The third-order valence-corrected chi connectivity index (χ3v) is 5.24. The summed E-state index contributed by atoms with van der Waals surface area (Å²) in [5.74, 6) is 0. The highest BCUT2D eigenvalue weighted by molar-refractivity contribution is 7.94. The van der Waals surface area contributed by atoms with Crippen LogP contribution in [0.25, 0.3) is 0 Å². The van der Waals surface area contributed by atoms with Crippen LogP contribution < -0.4 is 4.72 Å². The second-order valence-electron chi connectivity index (χ2n) is 3.83. The third-order valence-electron chi connectivity index (χ3n) is 2.37. The third kappa shape index (κ3) is 2.90. The number of aliphatic hydroxyl groups is 1. The summed E-state index contributed by atoms with van der Waals surface area (Å²) in [5, 5.41) is 8.90. The Kier molecular flexibility index (Phi) is 3.70. The van der Waals surface area contributed by atoms with Crippen LogP contribution in [-0.2, 0) is 16.6 Å². The zero-order chi connectivity index (χ0) is 13.2. The van der Waals surface area contributed by atoms with Gasteiger partial charge >= 0.3 is 0 Å².